The fourth-order valence-electron chi connectivity index (χ4n) is 4.34. The van der Waals surface area contributed by atoms with E-state index in [1.165, 1.54) is 13.2 Å². The van der Waals surface area contributed by atoms with Crippen LogP contribution in [-0.2, 0) is 0 Å². The summed E-state index contributed by atoms with van der Waals surface area (Å²) in [5.74, 6) is -1.84. The second-order valence-electron chi connectivity index (χ2n) is 8.63. The van der Waals surface area contributed by atoms with Crippen molar-refractivity contribution in [3.05, 3.63) is 75.6 Å². The number of carbonyl (C=O) groups excluding carboxylic acids is 1. The van der Waals surface area contributed by atoms with Crippen molar-refractivity contribution in [3.63, 3.8) is 0 Å². The van der Waals surface area contributed by atoms with Crippen LogP contribution in [0.25, 0.3) is 22.1 Å². The number of furan rings is 1. The Morgan fingerprint density at radius 2 is 1.81 bits per heavy atom. The number of piperazine rings is 1. The van der Waals surface area contributed by atoms with Crippen LogP contribution in [0.5, 0.6) is 5.75 Å². The predicted octanol–water partition coefficient (Wildman–Crippen LogP) is 5.85. The molecule has 1 unspecified atom stereocenters. The van der Waals surface area contributed by atoms with Crippen molar-refractivity contribution in [2.75, 3.05) is 31.9 Å². The van der Waals surface area contributed by atoms with Crippen LogP contribution in [0, 0.1) is 11.6 Å². The number of nitrogens with one attached hydrogen (secondary N) is 1. The molecule has 2 aromatic heterocycles. The molecular formula is C26H22Cl2F2N4O3. The molecular weight excluding hydrogens is 525 g/mol. The Balaban J connectivity index is 1.45. The molecule has 0 spiro atoms. The quantitative estimate of drug-likeness (QED) is 0.305. The summed E-state index contributed by atoms with van der Waals surface area (Å²) in [6.45, 7) is 4.41. The summed E-state index contributed by atoms with van der Waals surface area (Å²) in [7, 11) is 0. The summed E-state index contributed by atoms with van der Waals surface area (Å²) in [6.07, 6.45) is 2.09. The van der Waals surface area contributed by atoms with Crippen molar-refractivity contribution in [1.82, 2.24) is 15.2 Å². The van der Waals surface area contributed by atoms with Crippen LogP contribution >= 0.6 is 23.2 Å². The number of fused-ring (bicyclic) bond motifs is 1. The molecule has 4 aromatic rings. The monoisotopic (exact) mass is 546 g/mol. The molecule has 1 saturated heterocycles. The van der Waals surface area contributed by atoms with Crippen molar-refractivity contribution in [2.45, 2.75) is 13.0 Å². The maximum Gasteiger partial charge on any atom is 0.253 e. The molecule has 0 saturated carbocycles. The highest BCUT2D eigenvalue weighted by atomic mass is 35.5. The van der Waals surface area contributed by atoms with Crippen LogP contribution in [0.1, 0.15) is 28.9 Å². The summed E-state index contributed by atoms with van der Waals surface area (Å²) in [5, 5.41) is 3.12. The Hall–Kier alpha value is -3.40. The largest absolute Gasteiger partial charge is 0.478 e. The average Bonchev–Trinajstić information content (AvgIpc) is 3.34. The molecule has 1 aliphatic heterocycles. The van der Waals surface area contributed by atoms with E-state index >= 15 is 0 Å². The highest BCUT2D eigenvalue weighted by Gasteiger charge is 2.25. The first-order valence-corrected chi connectivity index (χ1v) is 12.3. The lowest BCUT2D eigenvalue weighted by molar-refractivity contribution is 0.0736. The number of benzene rings is 2. The molecule has 1 aliphatic rings. The number of carbonyl (C=O) groups is 1. The van der Waals surface area contributed by atoms with Crippen molar-refractivity contribution >= 4 is 45.9 Å². The van der Waals surface area contributed by atoms with Gasteiger partial charge in [0.15, 0.2) is 11.4 Å². The van der Waals surface area contributed by atoms with Gasteiger partial charge in [0, 0.05) is 55.1 Å². The maximum atomic E-state index is 14.1. The molecule has 3 N–H and O–H groups in total. The molecule has 192 valence electrons. The molecule has 1 amide bonds. The first-order valence-electron chi connectivity index (χ1n) is 11.5. The van der Waals surface area contributed by atoms with E-state index in [0.717, 1.165) is 18.7 Å². The SMILES string of the molecule is CC(Oc1c(N)ncc2c(-c3ccc(C(=O)N4CCNCC4)cc3)coc12)c1c(Cl)c(F)cc(F)c1Cl. The molecule has 7 nitrogen and oxygen atoms in total. The first kappa shape index (κ1) is 25.3. The number of nitrogen functional groups attached to an aromatic ring is 1. The van der Waals surface area contributed by atoms with Crippen molar-refractivity contribution < 1.29 is 22.7 Å². The number of aromatic nitrogens is 1. The van der Waals surface area contributed by atoms with E-state index < -0.39 is 17.7 Å². The van der Waals surface area contributed by atoms with Gasteiger partial charge >= 0.3 is 0 Å². The fourth-order valence-corrected chi connectivity index (χ4v) is 5.00. The van der Waals surface area contributed by atoms with Crippen molar-refractivity contribution in [2.24, 2.45) is 0 Å². The Labute approximate surface area is 221 Å². The highest BCUT2D eigenvalue weighted by molar-refractivity contribution is 6.36. The number of ether oxygens (including phenoxy) is 1. The van der Waals surface area contributed by atoms with Gasteiger partial charge in [0.2, 0.25) is 5.75 Å². The van der Waals surface area contributed by atoms with E-state index in [0.29, 0.717) is 41.3 Å². The molecule has 11 heteroatoms. The van der Waals surface area contributed by atoms with Gasteiger partial charge in [-0.1, -0.05) is 35.3 Å². The molecule has 2 aromatic carbocycles. The van der Waals surface area contributed by atoms with Gasteiger partial charge in [0.05, 0.1) is 21.7 Å². The lowest BCUT2D eigenvalue weighted by Crippen LogP contribution is -2.46. The van der Waals surface area contributed by atoms with Crippen LogP contribution in [-0.4, -0.2) is 42.0 Å². The zero-order chi connectivity index (χ0) is 26.3. The van der Waals surface area contributed by atoms with E-state index in [1.807, 2.05) is 17.0 Å². The van der Waals surface area contributed by atoms with Crippen LogP contribution in [0.4, 0.5) is 14.6 Å². The number of pyridine rings is 1. The Morgan fingerprint density at radius 1 is 1.16 bits per heavy atom. The number of amides is 1. The molecule has 3 heterocycles. The van der Waals surface area contributed by atoms with Gasteiger partial charge in [0.1, 0.15) is 17.7 Å². The summed E-state index contributed by atoms with van der Waals surface area (Å²) in [5.41, 5.74) is 8.38. The number of halogens is 4. The van der Waals surface area contributed by atoms with Crippen molar-refractivity contribution in [3.8, 4) is 16.9 Å². The van der Waals surface area contributed by atoms with Gasteiger partial charge in [-0.3, -0.25) is 4.79 Å². The molecule has 1 fully saturated rings. The number of anilines is 1. The Kier molecular flexibility index (Phi) is 6.94. The summed E-state index contributed by atoms with van der Waals surface area (Å²) in [6, 6.07) is 7.80. The van der Waals surface area contributed by atoms with Gasteiger partial charge in [0.25, 0.3) is 5.91 Å². The molecule has 0 radical (unpaired) electrons. The van der Waals surface area contributed by atoms with E-state index in [-0.39, 0.29) is 33.1 Å². The Bertz CT molecular complexity index is 1460. The molecule has 5 rings (SSSR count). The molecule has 0 bridgehead atoms. The average molecular weight is 547 g/mol. The van der Waals surface area contributed by atoms with Crippen LogP contribution in [0.15, 0.2) is 47.2 Å². The maximum absolute atomic E-state index is 14.1. The van der Waals surface area contributed by atoms with Crippen LogP contribution in [0.2, 0.25) is 10.0 Å². The molecule has 1 atom stereocenters. The lowest BCUT2D eigenvalue weighted by Gasteiger charge is -2.27. The number of hydrogen-bond acceptors (Lipinski definition) is 6. The van der Waals surface area contributed by atoms with E-state index in [2.05, 4.69) is 10.3 Å². The third-order valence-corrected chi connectivity index (χ3v) is 7.06. The Morgan fingerprint density at radius 3 is 2.46 bits per heavy atom. The second-order valence-corrected chi connectivity index (χ2v) is 9.38. The van der Waals surface area contributed by atoms with E-state index in [1.54, 1.807) is 18.3 Å². The molecule has 37 heavy (non-hydrogen) atoms. The predicted molar refractivity (Wildman–Crippen MR) is 138 cm³/mol. The van der Waals surface area contributed by atoms with Gasteiger partial charge in [-0.2, -0.15) is 0 Å². The van der Waals surface area contributed by atoms with Crippen molar-refractivity contribution in [1.29, 1.82) is 0 Å². The summed E-state index contributed by atoms with van der Waals surface area (Å²) in [4.78, 5) is 18.8. The smallest absolute Gasteiger partial charge is 0.253 e. The van der Waals surface area contributed by atoms with Gasteiger partial charge in [-0.05, 0) is 24.6 Å². The minimum absolute atomic E-state index is 0.0151. The minimum atomic E-state index is -0.983. The number of rotatable bonds is 5. The topological polar surface area (TPSA) is 93.6 Å². The molecule has 0 aliphatic carbocycles. The lowest BCUT2D eigenvalue weighted by atomic mass is 10.0. The van der Waals surface area contributed by atoms with E-state index in [9.17, 15) is 13.6 Å². The third kappa shape index (κ3) is 4.70. The number of nitrogens with two attached hydrogens (primary N) is 1. The fraction of sp³-hybridized carbons (Fsp3) is 0.231. The van der Waals surface area contributed by atoms with E-state index in [4.69, 9.17) is 38.1 Å². The zero-order valence-electron chi connectivity index (χ0n) is 19.7. The summed E-state index contributed by atoms with van der Waals surface area (Å²) < 4.78 is 39.9. The number of hydrogen-bond donors (Lipinski definition) is 2. The second kappa shape index (κ2) is 10.2. The third-order valence-electron chi connectivity index (χ3n) is 6.29. The summed E-state index contributed by atoms with van der Waals surface area (Å²) >= 11 is 12.1. The standard InChI is InChI=1S/C26H22Cl2F2N4O3/c1-13(20-21(27)18(29)10-19(30)22(20)28)37-24-23-16(11-33-25(24)31)17(12-36-23)14-2-4-15(5-3-14)26(35)34-8-6-32-7-9-34/h2-5,10-13,32H,6-9H2,1H3,(H2,31,33). The van der Waals surface area contributed by atoms with Gasteiger partial charge in [-0.25, -0.2) is 13.8 Å². The van der Waals surface area contributed by atoms with Gasteiger partial charge < -0.3 is 25.1 Å². The van der Waals surface area contributed by atoms with Crippen LogP contribution in [0.3, 0.4) is 0 Å². The van der Waals surface area contributed by atoms with Gasteiger partial charge in [-0.15, -0.1) is 0 Å². The zero-order valence-corrected chi connectivity index (χ0v) is 21.2. The minimum Gasteiger partial charge on any atom is -0.478 e. The normalized spacial score (nSPS) is 14.7. The first-order chi connectivity index (χ1) is 17.8. The highest BCUT2D eigenvalue weighted by Crippen LogP contribution is 2.42. The van der Waals surface area contributed by atoms with Crippen LogP contribution < -0.4 is 15.8 Å². The number of nitrogens with zero attached hydrogens (tertiary/aromatic N) is 2.